The van der Waals surface area contributed by atoms with Crippen molar-refractivity contribution >= 4 is 17.3 Å². The van der Waals surface area contributed by atoms with Gasteiger partial charge in [0.1, 0.15) is 5.69 Å². The Hall–Kier alpha value is -1.88. The molecule has 6 heteroatoms. The smallest absolute Gasteiger partial charge is 0.293 e. The van der Waals surface area contributed by atoms with E-state index in [1.807, 2.05) is 10.6 Å². The Morgan fingerprint density at radius 3 is 2.90 bits per heavy atom. The molecule has 1 aliphatic rings. The van der Waals surface area contributed by atoms with E-state index in [-0.39, 0.29) is 16.5 Å². The fourth-order valence-corrected chi connectivity index (χ4v) is 2.85. The average molecular weight is 292 g/mol. The maximum atomic E-state index is 11.3. The molecule has 1 aromatic heterocycles. The van der Waals surface area contributed by atoms with Crippen LogP contribution in [0.4, 0.5) is 5.69 Å². The summed E-state index contributed by atoms with van der Waals surface area (Å²) in [5, 5.41) is 11.3. The molecule has 1 aromatic carbocycles. The van der Waals surface area contributed by atoms with E-state index in [1.54, 1.807) is 12.4 Å². The monoisotopic (exact) mass is 291 g/mol. The molecule has 0 unspecified atom stereocenters. The van der Waals surface area contributed by atoms with Gasteiger partial charge in [-0.15, -0.1) is 11.6 Å². The fraction of sp³-hybridized carbons (Fsp3) is 0.357. The molecule has 1 aliphatic carbocycles. The van der Waals surface area contributed by atoms with E-state index < -0.39 is 0 Å². The number of alkyl halides is 1. The van der Waals surface area contributed by atoms with Crippen molar-refractivity contribution in [2.24, 2.45) is 0 Å². The molecule has 0 radical (unpaired) electrons. The molecule has 0 aliphatic heterocycles. The zero-order chi connectivity index (χ0) is 14.1. The third kappa shape index (κ3) is 2.18. The van der Waals surface area contributed by atoms with Crippen molar-refractivity contribution in [1.29, 1.82) is 0 Å². The van der Waals surface area contributed by atoms with Gasteiger partial charge < -0.3 is 0 Å². The highest BCUT2D eigenvalue weighted by Crippen LogP contribution is 2.29. The van der Waals surface area contributed by atoms with E-state index >= 15 is 0 Å². The minimum atomic E-state index is -0.361. The summed E-state index contributed by atoms with van der Waals surface area (Å²) in [7, 11) is 0. The van der Waals surface area contributed by atoms with Crippen LogP contribution in [-0.2, 0) is 18.7 Å². The lowest BCUT2D eigenvalue weighted by Crippen LogP contribution is -2.08. The highest BCUT2D eigenvalue weighted by atomic mass is 35.5. The Balaban J connectivity index is 2.14. The van der Waals surface area contributed by atoms with Crippen LogP contribution in [-0.4, -0.2) is 14.5 Å². The number of imidazole rings is 1. The Morgan fingerprint density at radius 1 is 1.35 bits per heavy atom. The molecule has 3 rings (SSSR count). The van der Waals surface area contributed by atoms with Crippen molar-refractivity contribution in [3.8, 4) is 5.69 Å². The Bertz CT molecular complexity index is 666. The van der Waals surface area contributed by atoms with Gasteiger partial charge in [0.2, 0.25) is 0 Å². The lowest BCUT2D eigenvalue weighted by atomic mass is 10.0. The molecule has 0 spiro atoms. The summed E-state index contributed by atoms with van der Waals surface area (Å²) >= 11 is 5.75. The minimum Gasteiger partial charge on any atom is -0.297 e. The van der Waals surface area contributed by atoms with Crippen LogP contribution < -0.4 is 0 Å². The van der Waals surface area contributed by atoms with Crippen LogP contribution in [0.5, 0.6) is 0 Å². The van der Waals surface area contributed by atoms with Crippen molar-refractivity contribution in [2.75, 3.05) is 0 Å². The first-order valence-corrected chi connectivity index (χ1v) is 7.13. The maximum Gasteiger partial charge on any atom is 0.293 e. The molecule has 0 bridgehead atoms. The lowest BCUT2D eigenvalue weighted by molar-refractivity contribution is -0.384. The Labute approximate surface area is 121 Å². The minimum absolute atomic E-state index is 0.0777. The largest absolute Gasteiger partial charge is 0.297 e. The number of aryl methyl sites for hydroxylation is 1. The number of nitro groups is 1. The second-order valence-electron chi connectivity index (χ2n) is 4.93. The average Bonchev–Trinajstić information content (AvgIpc) is 2.90. The third-order valence-electron chi connectivity index (χ3n) is 3.68. The summed E-state index contributed by atoms with van der Waals surface area (Å²) in [4.78, 5) is 15.3. The topological polar surface area (TPSA) is 61.0 Å². The number of aromatic nitrogens is 2. The quantitative estimate of drug-likeness (QED) is 0.495. The Kier molecular flexibility index (Phi) is 3.44. The second-order valence-corrected chi connectivity index (χ2v) is 5.20. The van der Waals surface area contributed by atoms with Crippen molar-refractivity contribution < 1.29 is 4.92 Å². The lowest BCUT2D eigenvalue weighted by Gasteiger charge is -2.14. The molecule has 0 saturated carbocycles. The van der Waals surface area contributed by atoms with Crippen LogP contribution in [0, 0.1) is 10.1 Å². The Morgan fingerprint density at radius 2 is 2.15 bits per heavy atom. The van der Waals surface area contributed by atoms with Crippen molar-refractivity contribution in [2.45, 2.75) is 31.6 Å². The normalized spacial score (nSPS) is 14.1. The van der Waals surface area contributed by atoms with E-state index in [0.717, 1.165) is 42.6 Å². The number of halogens is 1. The standard InChI is InChI=1S/C14H14ClN3O2/c15-8-10-5-6-13(14(7-10)18(19)20)17-9-16-11-3-1-2-4-12(11)17/h5-7,9H,1-4,8H2. The number of fused-ring (bicyclic) bond motifs is 1. The van der Waals surface area contributed by atoms with Crippen LogP contribution in [0.3, 0.4) is 0 Å². The van der Waals surface area contributed by atoms with Gasteiger partial charge in [-0.1, -0.05) is 6.07 Å². The number of nitrogens with zero attached hydrogens (tertiary/aromatic N) is 3. The molecule has 20 heavy (non-hydrogen) atoms. The van der Waals surface area contributed by atoms with Gasteiger partial charge in [0.25, 0.3) is 5.69 Å². The van der Waals surface area contributed by atoms with E-state index in [4.69, 9.17) is 11.6 Å². The number of hydrogen-bond acceptors (Lipinski definition) is 3. The predicted molar refractivity (Wildman–Crippen MR) is 76.4 cm³/mol. The third-order valence-corrected chi connectivity index (χ3v) is 3.99. The zero-order valence-corrected chi connectivity index (χ0v) is 11.6. The van der Waals surface area contributed by atoms with E-state index in [2.05, 4.69) is 4.98 Å². The van der Waals surface area contributed by atoms with Gasteiger partial charge in [0.05, 0.1) is 16.9 Å². The highest BCUT2D eigenvalue weighted by molar-refractivity contribution is 6.17. The van der Waals surface area contributed by atoms with Crippen LogP contribution in [0.1, 0.15) is 29.8 Å². The molecule has 1 heterocycles. The van der Waals surface area contributed by atoms with Gasteiger partial charge in [0.15, 0.2) is 0 Å². The van der Waals surface area contributed by atoms with E-state index in [9.17, 15) is 10.1 Å². The van der Waals surface area contributed by atoms with E-state index in [1.165, 1.54) is 6.07 Å². The van der Waals surface area contributed by atoms with Gasteiger partial charge in [0, 0.05) is 17.6 Å². The predicted octanol–water partition coefficient (Wildman–Crippen LogP) is 3.40. The molecule has 5 nitrogen and oxygen atoms in total. The van der Waals surface area contributed by atoms with Gasteiger partial charge in [-0.25, -0.2) is 4.98 Å². The molecule has 0 atom stereocenters. The summed E-state index contributed by atoms with van der Waals surface area (Å²) < 4.78 is 1.85. The second kappa shape index (κ2) is 5.25. The fourth-order valence-electron chi connectivity index (χ4n) is 2.68. The van der Waals surface area contributed by atoms with Crippen LogP contribution in [0.25, 0.3) is 5.69 Å². The van der Waals surface area contributed by atoms with Crippen LogP contribution >= 0.6 is 11.6 Å². The summed E-state index contributed by atoms with van der Waals surface area (Å²) in [5.74, 6) is 0.267. The molecular formula is C14H14ClN3O2. The first-order valence-electron chi connectivity index (χ1n) is 6.59. The molecular weight excluding hydrogens is 278 g/mol. The van der Waals surface area contributed by atoms with Gasteiger partial charge in [-0.3, -0.25) is 14.7 Å². The van der Waals surface area contributed by atoms with Crippen molar-refractivity contribution in [3.05, 3.63) is 51.6 Å². The van der Waals surface area contributed by atoms with Gasteiger partial charge in [-0.2, -0.15) is 0 Å². The zero-order valence-electron chi connectivity index (χ0n) is 10.9. The molecule has 104 valence electrons. The summed E-state index contributed by atoms with van der Waals surface area (Å²) in [6.07, 6.45) is 5.81. The number of benzene rings is 1. The molecule has 2 aromatic rings. The molecule has 0 amide bonds. The first kappa shape index (κ1) is 13.1. The molecule has 0 fully saturated rings. The van der Waals surface area contributed by atoms with Crippen molar-refractivity contribution in [3.63, 3.8) is 0 Å². The summed E-state index contributed by atoms with van der Waals surface area (Å²) in [6.45, 7) is 0. The van der Waals surface area contributed by atoms with E-state index in [0.29, 0.717) is 5.69 Å². The first-order chi connectivity index (χ1) is 9.70. The molecule has 0 N–H and O–H groups in total. The van der Waals surface area contributed by atoms with Crippen LogP contribution in [0.2, 0.25) is 0 Å². The highest BCUT2D eigenvalue weighted by Gasteiger charge is 2.21. The number of rotatable bonds is 3. The summed E-state index contributed by atoms with van der Waals surface area (Å²) in [6, 6.07) is 5.12. The van der Waals surface area contributed by atoms with Gasteiger partial charge in [-0.05, 0) is 37.3 Å². The van der Waals surface area contributed by atoms with Crippen molar-refractivity contribution in [1.82, 2.24) is 9.55 Å². The van der Waals surface area contributed by atoms with Crippen LogP contribution in [0.15, 0.2) is 24.5 Å². The number of nitro benzene ring substituents is 1. The number of hydrogen-bond donors (Lipinski definition) is 0. The molecule has 0 saturated heterocycles. The van der Waals surface area contributed by atoms with Gasteiger partial charge >= 0.3 is 0 Å². The SMILES string of the molecule is O=[N+]([O-])c1cc(CCl)ccc1-n1cnc2c1CCCC2. The maximum absolute atomic E-state index is 11.3. The summed E-state index contributed by atoms with van der Waals surface area (Å²) in [5.41, 5.74) is 3.55.